The maximum Gasteiger partial charge on any atom is 0.161 e. The summed E-state index contributed by atoms with van der Waals surface area (Å²) < 4.78 is 16.2. The Labute approximate surface area is 101 Å². The van der Waals surface area contributed by atoms with Crippen LogP contribution in [0.4, 0.5) is 0 Å². The van der Waals surface area contributed by atoms with Gasteiger partial charge in [0.2, 0.25) is 0 Å². The van der Waals surface area contributed by atoms with Gasteiger partial charge < -0.3 is 19.9 Å². The molecule has 16 heavy (non-hydrogen) atoms. The number of rotatable bonds is 3. The Balaban J connectivity index is 0.00000128. The Bertz CT molecular complexity index is 342. The Morgan fingerprint density at radius 2 is 2.00 bits per heavy atom. The van der Waals surface area contributed by atoms with Crippen LogP contribution in [0.5, 0.6) is 11.5 Å². The summed E-state index contributed by atoms with van der Waals surface area (Å²) in [5.41, 5.74) is 6.61. The fourth-order valence-corrected chi connectivity index (χ4v) is 1.63. The lowest BCUT2D eigenvalue weighted by molar-refractivity contribution is 0.109. The summed E-state index contributed by atoms with van der Waals surface area (Å²) in [6, 6.07) is 5.77. The molecular formula is C11H16ClNO3. The van der Waals surface area contributed by atoms with Crippen molar-refractivity contribution in [2.24, 2.45) is 5.73 Å². The Morgan fingerprint density at radius 3 is 2.62 bits per heavy atom. The topological polar surface area (TPSA) is 53.7 Å². The van der Waals surface area contributed by atoms with Crippen molar-refractivity contribution in [3.8, 4) is 11.5 Å². The predicted molar refractivity (Wildman–Crippen MR) is 63.5 cm³/mol. The van der Waals surface area contributed by atoms with Crippen molar-refractivity contribution in [1.29, 1.82) is 0 Å². The molecule has 1 unspecified atom stereocenters. The predicted octanol–water partition coefficient (Wildman–Crippen LogP) is 1.53. The van der Waals surface area contributed by atoms with E-state index in [1.807, 2.05) is 18.2 Å². The van der Waals surface area contributed by atoms with Gasteiger partial charge in [0.15, 0.2) is 11.5 Å². The monoisotopic (exact) mass is 245 g/mol. The van der Waals surface area contributed by atoms with Crippen LogP contribution in [-0.2, 0) is 4.74 Å². The number of hydrogen-bond acceptors (Lipinski definition) is 4. The summed E-state index contributed by atoms with van der Waals surface area (Å²) >= 11 is 0. The summed E-state index contributed by atoms with van der Waals surface area (Å²) in [4.78, 5) is 0. The molecule has 2 N–H and O–H groups in total. The molecular weight excluding hydrogens is 230 g/mol. The largest absolute Gasteiger partial charge is 0.486 e. The van der Waals surface area contributed by atoms with Gasteiger partial charge >= 0.3 is 0 Å². The average molecular weight is 246 g/mol. The summed E-state index contributed by atoms with van der Waals surface area (Å²) in [5.74, 6) is 1.56. The fourth-order valence-electron chi connectivity index (χ4n) is 1.63. The highest BCUT2D eigenvalue weighted by Crippen LogP contribution is 2.32. The van der Waals surface area contributed by atoms with Crippen LogP contribution in [0.2, 0.25) is 0 Å². The standard InChI is InChI=1S/C11H15NO3.ClH/c1-13-11(7-12)8-2-3-9-10(6-8)15-5-4-14-9;/h2-3,6,11H,4-5,7,12H2,1H3;1H. The molecule has 0 bridgehead atoms. The minimum Gasteiger partial charge on any atom is -0.486 e. The first kappa shape index (κ1) is 13.1. The maximum atomic E-state index is 5.59. The molecule has 2 rings (SSSR count). The van der Waals surface area contributed by atoms with E-state index in [4.69, 9.17) is 19.9 Å². The summed E-state index contributed by atoms with van der Waals surface area (Å²) in [7, 11) is 1.65. The number of hydrogen-bond donors (Lipinski definition) is 1. The first-order chi connectivity index (χ1) is 7.35. The van der Waals surface area contributed by atoms with Crippen molar-refractivity contribution in [3.63, 3.8) is 0 Å². The van der Waals surface area contributed by atoms with Gasteiger partial charge in [-0.15, -0.1) is 12.4 Å². The zero-order valence-corrected chi connectivity index (χ0v) is 9.96. The average Bonchev–Trinajstić information content (AvgIpc) is 2.30. The lowest BCUT2D eigenvalue weighted by Gasteiger charge is -2.20. The van der Waals surface area contributed by atoms with Crippen LogP contribution < -0.4 is 15.2 Å². The molecule has 1 aliphatic heterocycles. The van der Waals surface area contributed by atoms with Crippen molar-refractivity contribution in [3.05, 3.63) is 23.8 Å². The zero-order valence-electron chi connectivity index (χ0n) is 9.14. The van der Waals surface area contributed by atoms with E-state index >= 15 is 0 Å². The van der Waals surface area contributed by atoms with Crippen molar-refractivity contribution < 1.29 is 14.2 Å². The number of ether oxygens (including phenoxy) is 3. The maximum absolute atomic E-state index is 5.59. The number of fused-ring (bicyclic) bond motifs is 1. The van der Waals surface area contributed by atoms with E-state index in [9.17, 15) is 0 Å². The molecule has 0 spiro atoms. The first-order valence-corrected chi connectivity index (χ1v) is 4.97. The van der Waals surface area contributed by atoms with E-state index in [-0.39, 0.29) is 18.5 Å². The summed E-state index contributed by atoms with van der Waals surface area (Å²) in [6.07, 6.45) is -0.0826. The van der Waals surface area contributed by atoms with Gasteiger partial charge in [0, 0.05) is 13.7 Å². The zero-order chi connectivity index (χ0) is 10.7. The fraction of sp³-hybridized carbons (Fsp3) is 0.455. The molecule has 0 amide bonds. The molecule has 0 aliphatic carbocycles. The van der Waals surface area contributed by atoms with Crippen molar-refractivity contribution in [2.75, 3.05) is 26.9 Å². The molecule has 0 fully saturated rings. The molecule has 1 heterocycles. The van der Waals surface area contributed by atoms with E-state index < -0.39 is 0 Å². The highest BCUT2D eigenvalue weighted by atomic mass is 35.5. The minimum absolute atomic E-state index is 0. The van der Waals surface area contributed by atoms with Crippen LogP contribution in [0.1, 0.15) is 11.7 Å². The van der Waals surface area contributed by atoms with E-state index in [0.717, 1.165) is 17.1 Å². The van der Waals surface area contributed by atoms with Gasteiger partial charge in [-0.2, -0.15) is 0 Å². The van der Waals surface area contributed by atoms with Gasteiger partial charge in [0.05, 0.1) is 6.10 Å². The lowest BCUT2D eigenvalue weighted by atomic mass is 10.1. The van der Waals surface area contributed by atoms with E-state index in [2.05, 4.69) is 0 Å². The second-order valence-electron chi connectivity index (χ2n) is 3.36. The molecule has 4 nitrogen and oxygen atoms in total. The summed E-state index contributed by atoms with van der Waals surface area (Å²) in [5, 5.41) is 0. The van der Waals surface area contributed by atoms with E-state index in [1.54, 1.807) is 7.11 Å². The molecule has 0 radical (unpaired) electrons. The highest BCUT2D eigenvalue weighted by Gasteiger charge is 2.15. The van der Waals surface area contributed by atoms with Crippen LogP contribution in [-0.4, -0.2) is 26.9 Å². The Kier molecular flexibility index (Phi) is 4.86. The van der Waals surface area contributed by atoms with Gasteiger partial charge in [0.1, 0.15) is 13.2 Å². The number of methoxy groups -OCH3 is 1. The third-order valence-corrected chi connectivity index (χ3v) is 2.44. The molecule has 0 aromatic heterocycles. The van der Waals surface area contributed by atoms with Gasteiger partial charge in [-0.3, -0.25) is 0 Å². The molecule has 1 aromatic rings. The molecule has 1 atom stereocenters. The Morgan fingerprint density at radius 1 is 1.31 bits per heavy atom. The van der Waals surface area contributed by atoms with Crippen molar-refractivity contribution >= 4 is 12.4 Å². The number of benzene rings is 1. The third-order valence-electron chi connectivity index (χ3n) is 2.44. The van der Waals surface area contributed by atoms with Crippen LogP contribution in [0, 0.1) is 0 Å². The number of nitrogens with two attached hydrogens (primary N) is 1. The summed E-state index contributed by atoms with van der Waals surface area (Å²) in [6.45, 7) is 1.66. The second-order valence-corrected chi connectivity index (χ2v) is 3.36. The van der Waals surface area contributed by atoms with Crippen LogP contribution in [0.15, 0.2) is 18.2 Å². The second kappa shape index (κ2) is 5.94. The molecule has 90 valence electrons. The van der Waals surface area contributed by atoms with Crippen molar-refractivity contribution in [1.82, 2.24) is 0 Å². The molecule has 0 saturated heterocycles. The van der Waals surface area contributed by atoms with Gasteiger partial charge in [-0.25, -0.2) is 0 Å². The third kappa shape index (κ3) is 2.58. The normalized spacial score (nSPS) is 15.1. The van der Waals surface area contributed by atoms with E-state index in [1.165, 1.54) is 0 Å². The first-order valence-electron chi connectivity index (χ1n) is 4.97. The van der Waals surface area contributed by atoms with Crippen molar-refractivity contribution in [2.45, 2.75) is 6.10 Å². The van der Waals surface area contributed by atoms with E-state index in [0.29, 0.717) is 19.8 Å². The SMILES string of the molecule is COC(CN)c1ccc2c(c1)OCCO2.Cl. The lowest BCUT2D eigenvalue weighted by Crippen LogP contribution is -2.17. The number of halogens is 1. The van der Waals surface area contributed by atoms with Crippen LogP contribution in [0.3, 0.4) is 0 Å². The van der Waals surface area contributed by atoms with Gasteiger partial charge in [-0.05, 0) is 17.7 Å². The Hall–Kier alpha value is -0.970. The molecule has 0 saturated carbocycles. The van der Waals surface area contributed by atoms with Gasteiger partial charge in [0.25, 0.3) is 0 Å². The molecule has 1 aliphatic rings. The smallest absolute Gasteiger partial charge is 0.161 e. The highest BCUT2D eigenvalue weighted by molar-refractivity contribution is 5.85. The molecule has 5 heteroatoms. The van der Waals surface area contributed by atoms with Crippen LogP contribution in [0.25, 0.3) is 0 Å². The van der Waals surface area contributed by atoms with Gasteiger partial charge in [-0.1, -0.05) is 6.07 Å². The van der Waals surface area contributed by atoms with Crippen LogP contribution >= 0.6 is 12.4 Å². The molecule has 1 aromatic carbocycles. The quantitative estimate of drug-likeness (QED) is 0.878. The minimum atomic E-state index is -0.0826.